The quantitative estimate of drug-likeness (QED) is 0.844. The smallest absolute Gasteiger partial charge is 0.373 e. The fourth-order valence-corrected chi connectivity index (χ4v) is 4.61. The highest BCUT2D eigenvalue weighted by molar-refractivity contribution is 5.85. The van der Waals surface area contributed by atoms with Crippen LogP contribution in [0.3, 0.4) is 0 Å². The SMILES string of the molecule is COC1(c2cc(C(F)(F)F)cc3n[nH]nc23)C2CCCC1CNC2.Cl. The van der Waals surface area contributed by atoms with E-state index in [1.165, 1.54) is 6.07 Å². The third kappa shape index (κ3) is 2.71. The van der Waals surface area contributed by atoms with Crippen LogP contribution < -0.4 is 5.32 Å². The summed E-state index contributed by atoms with van der Waals surface area (Å²) in [5.41, 5.74) is -0.233. The lowest BCUT2D eigenvalue weighted by atomic mass is 9.62. The van der Waals surface area contributed by atoms with Crippen LogP contribution in [0, 0.1) is 11.8 Å². The Morgan fingerprint density at radius 3 is 2.44 bits per heavy atom. The lowest BCUT2D eigenvalue weighted by Gasteiger charge is -2.52. The summed E-state index contributed by atoms with van der Waals surface area (Å²) >= 11 is 0. The first-order valence-electron chi connectivity index (χ1n) is 8.15. The number of piperidine rings is 1. The van der Waals surface area contributed by atoms with Gasteiger partial charge < -0.3 is 10.1 Å². The molecule has 2 aliphatic rings. The molecule has 0 amide bonds. The second-order valence-corrected chi connectivity index (χ2v) is 6.69. The molecule has 25 heavy (non-hydrogen) atoms. The molecule has 9 heteroatoms. The second kappa shape index (κ2) is 6.41. The average Bonchev–Trinajstić information content (AvgIpc) is 3.00. The Hall–Kier alpha value is -1.38. The minimum absolute atomic E-state index is 0. The van der Waals surface area contributed by atoms with Crippen LogP contribution in [0.25, 0.3) is 11.0 Å². The molecule has 2 fully saturated rings. The molecular formula is C16H20ClF3N4O. The molecule has 0 spiro atoms. The summed E-state index contributed by atoms with van der Waals surface area (Å²) in [7, 11) is 1.60. The van der Waals surface area contributed by atoms with Crippen molar-refractivity contribution in [3.63, 3.8) is 0 Å². The number of aromatic amines is 1. The van der Waals surface area contributed by atoms with Crippen molar-refractivity contribution in [1.82, 2.24) is 20.7 Å². The lowest BCUT2D eigenvalue weighted by molar-refractivity contribution is -0.146. The maximum absolute atomic E-state index is 13.4. The van der Waals surface area contributed by atoms with E-state index in [0.717, 1.165) is 38.4 Å². The zero-order valence-electron chi connectivity index (χ0n) is 13.7. The Balaban J connectivity index is 0.00000182. The molecule has 2 atom stereocenters. The maximum atomic E-state index is 13.4. The summed E-state index contributed by atoms with van der Waals surface area (Å²) in [5, 5.41) is 13.9. The van der Waals surface area contributed by atoms with Gasteiger partial charge in [-0.05, 0) is 25.0 Å². The molecule has 2 heterocycles. The third-order valence-electron chi connectivity index (χ3n) is 5.61. The van der Waals surface area contributed by atoms with E-state index in [9.17, 15) is 13.2 Å². The standard InChI is InChI=1S/C16H19F3N4O.ClH/c1-24-15(9-3-2-4-10(15)8-20-7-9)12-5-11(16(17,18)19)6-13-14(12)22-23-21-13;/h5-6,9-10,20H,2-4,7-8H2,1H3,(H,21,22,23);1H. The molecule has 1 saturated carbocycles. The van der Waals surface area contributed by atoms with Crippen LogP contribution in [0.2, 0.25) is 0 Å². The topological polar surface area (TPSA) is 62.8 Å². The molecule has 138 valence electrons. The predicted octanol–water partition coefficient (Wildman–Crippen LogP) is 3.26. The normalized spacial score (nSPS) is 29.4. The van der Waals surface area contributed by atoms with Crippen LogP contribution in [0.1, 0.15) is 30.4 Å². The molecule has 2 bridgehead atoms. The zero-order valence-corrected chi connectivity index (χ0v) is 14.5. The van der Waals surface area contributed by atoms with Gasteiger partial charge in [-0.25, -0.2) is 0 Å². The minimum atomic E-state index is -4.43. The molecule has 4 rings (SSSR count). The molecule has 1 aliphatic carbocycles. The van der Waals surface area contributed by atoms with Crippen molar-refractivity contribution >= 4 is 23.4 Å². The molecule has 1 aliphatic heterocycles. The summed E-state index contributed by atoms with van der Waals surface area (Å²) < 4.78 is 46.1. The number of fused-ring (bicyclic) bond motifs is 3. The number of aromatic nitrogens is 3. The number of alkyl halides is 3. The lowest BCUT2D eigenvalue weighted by Crippen LogP contribution is -2.58. The van der Waals surface area contributed by atoms with E-state index < -0.39 is 17.3 Å². The number of nitrogens with zero attached hydrogens (tertiary/aromatic N) is 2. The van der Waals surface area contributed by atoms with Gasteiger partial charge in [-0.1, -0.05) is 6.42 Å². The van der Waals surface area contributed by atoms with Crippen molar-refractivity contribution in [3.8, 4) is 0 Å². The number of methoxy groups -OCH3 is 1. The van der Waals surface area contributed by atoms with Crippen molar-refractivity contribution in [2.75, 3.05) is 20.2 Å². The molecule has 2 N–H and O–H groups in total. The highest BCUT2D eigenvalue weighted by Crippen LogP contribution is 2.51. The second-order valence-electron chi connectivity index (χ2n) is 6.69. The fraction of sp³-hybridized carbons (Fsp3) is 0.625. The molecule has 1 aromatic carbocycles. The summed E-state index contributed by atoms with van der Waals surface area (Å²) in [6, 6.07) is 2.26. The largest absolute Gasteiger partial charge is 0.416 e. The van der Waals surface area contributed by atoms with Gasteiger partial charge in [-0.15, -0.1) is 12.4 Å². The molecule has 1 aromatic heterocycles. The van der Waals surface area contributed by atoms with Crippen LogP contribution in [0.4, 0.5) is 13.2 Å². The van der Waals surface area contributed by atoms with Crippen LogP contribution in [-0.2, 0) is 16.5 Å². The minimum Gasteiger partial charge on any atom is -0.373 e. The van der Waals surface area contributed by atoms with Crippen molar-refractivity contribution in [2.45, 2.75) is 31.0 Å². The molecule has 5 nitrogen and oxygen atoms in total. The molecular weight excluding hydrogens is 357 g/mol. The van der Waals surface area contributed by atoms with Crippen LogP contribution >= 0.6 is 12.4 Å². The first kappa shape index (κ1) is 18.4. The Kier molecular flexibility index (Phi) is 4.72. The van der Waals surface area contributed by atoms with Crippen molar-refractivity contribution in [3.05, 3.63) is 23.3 Å². The number of ether oxygens (including phenoxy) is 1. The van der Waals surface area contributed by atoms with Crippen molar-refractivity contribution in [2.24, 2.45) is 11.8 Å². The van der Waals surface area contributed by atoms with E-state index in [2.05, 4.69) is 20.7 Å². The summed E-state index contributed by atoms with van der Waals surface area (Å²) in [6.45, 7) is 1.47. The van der Waals surface area contributed by atoms with Crippen molar-refractivity contribution < 1.29 is 17.9 Å². The average molecular weight is 377 g/mol. The highest BCUT2D eigenvalue weighted by atomic mass is 35.5. The monoisotopic (exact) mass is 376 g/mol. The number of rotatable bonds is 2. The Labute approximate surface area is 149 Å². The Morgan fingerprint density at radius 1 is 1.16 bits per heavy atom. The van der Waals surface area contributed by atoms with E-state index in [1.807, 2.05) is 0 Å². The molecule has 2 aromatic rings. The molecule has 0 radical (unpaired) electrons. The molecule has 1 saturated heterocycles. The van der Waals surface area contributed by atoms with Gasteiger partial charge in [-0.2, -0.15) is 28.6 Å². The van der Waals surface area contributed by atoms with Gasteiger partial charge in [-0.3, -0.25) is 0 Å². The number of nitrogens with one attached hydrogen (secondary N) is 2. The number of benzene rings is 1. The predicted molar refractivity (Wildman–Crippen MR) is 88.5 cm³/mol. The van der Waals surface area contributed by atoms with Gasteiger partial charge in [0, 0.05) is 37.6 Å². The summed E-state index contributed by atoms with van der Waals surface area (Å²) in [4.78, 5) is 0. The van der Waals surface area contributed by atoms with Crippen molar-refractivity contribution in [1.29, 1.82) is 0 Å². The van der Waals surface area contributed by atoms with E-state index >= 15 is 0 Å². The number of H-pyrrole nitrogens is 1. The van der Waals surface area contributed by atoms with E-state index in [4.69, 9.17) is 4.74 Å². The third-order valence-corrected chi connectivity index (χ3v) is 5.61. The Morgan fingerprint density at radius 2 is 1.84 bits per heavy atom. The zero-order chi connectivity index (χ0) is 16.9. The van der Waals surface area contributed by atoms with Gasteiger partial charge in [0.25, 0.3) is 0 Å². The number of hydrogen-bond acceptors (Lipinski definition) is 4. The highest BCUT2D eigenvalue weighted by Gasteiger charge is 2.53. The van der Waals surface area contributed by atoms with Gasteiger partial charge in [0.2, 0.25) is 0 Å². The molecule has 2 unspecified atom stereocenters. The van der Waals surface area contributed by atoms with Crippen LogP contribution in [-0.4, -0.2) is 35.6 Å². The summed E-state index contributed by atoms with van der Waals surface area (Å²) in [5.74, 6) is 0.247. The number of halogens is 4. The van der Waals surface area contributed by atoms with E-state index in [0.29, 0.717) is 11.1 Å². The van der Waals surface area contributed by atoms with Gasteiger partial charge in [0.15, 0.2) is 0 Å². The van der Waals surface area contributed by atoms with Gasteiger partial charge in [0.1, 0.15) is 16.6 Å². The summed E-state index contributed by atoms with van der Waals surface area (Å²) in [6.07, 6.45) is -1.51. The van der Waals surface area contributed by atoms with Crippen LogP contribution in [0.15, 0.2) is 12.1 Å². The van der Waals surface area contributed by atoms with Gasteiger partial charge >= 0.3 is 6.18 Å². The van der Waals surface area contributed by atoms with Gasteiger partial charge in [0.05, 0.1) is 5.56 Å². The number of hydrogen-bond donors (Lipinski definition) is 2. The Bertz CT molecular complexity index is 741. The fourth-order valence-electron chi connectivity index (χ4n) is 4.61. The first-order chi connectivity index (χ1) is 11.5. The first-order valence-corrected chi connectivity index (χ1v) is 8.15. The van der Waals surface area contributed by atoms with E-state index in [-0.39, 0.29) is 29.8 Å². The van der Waals surface area contributed by atoms with E-state index in [1.54, 1.807) is 7.11 Å². The maximum Gasteiger partial charge on any atom is 0.416 e. The van der Waals surface area contributed by atoms with Crippen LogP contribution in [0.5, 0.6) is 0 Å².